The van der Waals surface area contributed by atoms with Gasteiger partial charge in [-0.2, -0.15) is 0 Å². The molecule has 1 atom stereocenters. The van der Waals surface area contributed by atoms with E-state index in [1.54, 1.807) is 24.3 Å². The molecule has 2 aromatic rings. The average molecular weight is 397 g/mol. The zero-order valence-corrected chi connectivity index (χ0v) is 16.0. The smallest absolute Gasteiger partial charge is 0.339 e. The summed E-state index contributed by atoms with van der Waals surface area (Å²) in [6.07, 6.45) is 0.271. The van der Waals surface area contributed by atoms with Crippen LogP contribution in [0.15, 0.2) is 59.6 Å². The first-order valence-corrected chi connectivity index (χ1v) is 9.58. The van der Waals surface area contributed by atoms with Crippen LogP contribution in [0.1, 0.15) is 28.4 Å². The number of amidine groups is 1. The number of anilines is 1. The van der Waals surface area contributed by atoms with Crippen molar-refractivity contribution in [2.75, 3.05) is 18.2 Å². The van der Waals surface area contributed by atoms with Crippen LogP contribution in [0.25, 0.3) is 0 Å². The van der Waals surface area contributed by atoms with Crippen molar-refractivity contribution in [2.45, 2.75) is 12.5 Å². The van der Waals surface area contributed by atoms with E-state index in [0.717, 1.165) is 17.3 Å². The van der Waals surface area contributed by atoms with Crippen LogP contribution < -0.4 is 10.6 Å². The fourth-order valence-corrected chi connectivity index (χ4v) is 3.43. The molecule has 0 spiro atoms. The van der Waals surface area contributed by atoms with Crippen LogP contribution in [0.2, 0.25) is 0 Å². The van der Waals surface area contributed by atoms with Crippen LogP contribution >= 0.6 is 11.8 Å². The molecule has 0 aromatic heterocycles. The Labute approximate surface area is 166 Å². The van der Waals surface area contributed by atoms with Gasteiger partial charge in [-0.25, -0.2) is 4.79 Å². The maximum absolute atomic E-state index is 12.3. The van der Waals surface area contributed by atoms with E-state index in [1.165, 1.54) is 7.11 Å². The summed E-state index contributed by atoms with van der Waals surface area (Å²) in [7, 11) is 1.28. The molecule has 0 fully saturated rings. The van der Waals surface area contributed by atoms with Crippen molar-refractivity contribution in [2.24, 2.45) is 4.99 Å². The van der Waals surface area contributed by atoms with Crippen molar-refractivity contribution in [3.8, 4) is 0 Å². The number of nitrogens with one attached hydrogen (secondary N) is 2. The van der Waals surface area contributed by atoms with Gasteiger partial charge in [-0.05, 0) is 17.7 Å². The third-order valence-corrected chi connectivity index (χ3v) is 4.92. The molecule has 2 amide bonds. The molecular weight excluding hydrogens is 378 g/mol. The lowest BCUT2D eigenvalue weighted by atomic mass is 10.0. The molecule has 3 rings (SSSR count). The number of benzene rings is 2. The lowest BCUT2D eigenvalue weighted by Crippen LogP contribution is -2.35. The number of esters is 1. The fraction of sp³-hybridized carbons (Fsp3) is 0.200. The van der Waals surface area contributed by atoms with Gasteiger partial charge in [0.25, 0.3) is 0 Å². The molecule has 8 heteroatoms. The topological polar surface area (TPSA) is 96.9 Å². The number of nitrogens with zero attached hydrogens (tertiary/aromatic N) is 1. The van der Waals surface area contributed by atoms with Gasteiger partial charge in [0.15, 0.2) is 5.17 Å². The summed E-state index contributed by atoms with van der Waals surface area (Å²) in [6.45, 7) is 0. The predicted molar refractivity (Wildman–Crippen MR) is 108 cm³/mol. The summed E-state index contributed by atoms with van der Waals surface area (Å²) >= 11 is 1.14. The van der Waals surface area contributed by atoms with E-state index in [1.807, 2.05) is 30.3 Å². The second-order valence-electron chi connectivity index (χ2n) is 5.99. The first-order chi connectivity index (χ1) is 13.6. The van der Waals surface area contributed by atoms with Crippen LogP contribution in [0.3, 0.4) is 0 Å². The van der Waals surface area contributed by atoms with Gasteiger partial charge < -0.3 is 15.4 Å². The van der Waals surface area contributed by atoms with Gasteiger partial charge in [-0.15, -0.1) is 0 Å². The number of hydrogen-bond acceptors (Lipinski definition) is 6. The highest BCUT2D eigenvalue weighted by Gasteiger charge is 2.23. The lowest BCUT2D eigenvalue weighted by molar-refractivity contribution is -0.120. The summed E-state index contributed by atoms with van der Waals surface area (Å²) in [4.78, 5) is 40.6. The van der Waals surface area contributed by atoms with E-state index in [2.05, 4.69) is 15.6 Å². The van der Waals surface area contributed by atoms with Crippen molar-refractivity contribution < 1.29 is 19.1 Å². The SMILES string of the molecule is COC(=O)c1ccccc1NC(=O)CSC1=NC(c2ccccc2)CC(=O)N1. The molecule has 0 radical (unpaired) electrons. The number of aliphatic imine (C=N–C) groups is 1. The zero-order valence-electron chi connectivity index (χ0n) is 15.2. The number of ether oxygens (including phenoxy) is 1. The van der Waals surface area contributed by atoms with E-state index in [9.17, 15) is 14.4 Å². The average Bonchev–Trinajstić information content (AvgIpc) is 2.72. The normalized spacial score (nSPS) is 16.0. The molecule has 28 heavy (non-hydrogen) atoms. The number of thioether (sulfide) groups is 1. The minimum Gasteiger partial charge on any atom is -0.465 e. The monoisotopic (exact) mass is 397 g/mol. The Hall–Kier alpha value is -3.13. The second-order valence-corrected chi connectivity index (χ2v) is 6.95. The first-order valence-electron chi connectivity index (χ1n) is 8.59. The molecule has 0 bridgehead atoms. The Kier molecular flexibility index (Phi) is 6.44. The van der Waals surface area contributed by atoms with E-state index in [-0.39, 0.29) is 35.6 Å². The molecule has 1 unspecified atom stereocenters. The Balaban J connectivity index is 1.64. The largest absolute Gasteiger partial charge is 0.465 e. The number of carbonyl (C=O) groups excluding carboxylic acids is 3. The van der Waals surface area contributed by atoms with E-state index in [4.69, 9.17) is 4.74 Å². The van der Waals surface area contributed by atoms with Crippen molar-refractivity contribution in [1.29, 1.82) is 0 Å². The van der Waals surface area contributed by atoms with Crippen LogP contribution in [0, 0.1) is 0 Å². The Morgan fingerprint density at radius 3 is 2.64 bits per heavy atom. The predicted octanol–water partition coefficient (Wildman–Crippen LogP) is 2.76. The fourth-order valence-electron chi connectivity index (χ4n) is 2.71. The molecule has 144 valence electrons. The summed E-state index contributed by atoms with van der Waals surface area (Å²) in [5.74, 6) is -0.947. The van der Waals surface area contributed by atoms with Crippen molar-refractivity contribution in [1.82, 2.24) is 5.32 Å². The highest BCUT2D eigenvalue weighted by Crippen LogP contribution is 2.25. The molecular formula is C20H19N3O4S. The van der Waals surface area contributed by atoms with E-state index in [0.29, 0.717) is 10.9 Å². The molecule has 0 saturated heterocycles. The molecule has 2 N–H and O–H groups in total. The van der Waals surface area contributed by atoms with Gasteiger partial charge in [-0.3, -0.25) is 14.6 Å². The molecule has 1 heterocycles. The van der Waals surface area contributed by atoms with Gasteiger partial charge in [0.05, 0.1) is 36.6 Å². The molecule has 7 nitrogen and oxygen atoms in total. The molecule has 2 aromatic carbocycles. The molecule has 1 aliphatic rings. The van der Waals surface area contributed by atoms with Crippen LogP contribution in [-0.4, -0.2) is 35.8 Å². The van der Waals surface area contributed by atoms with Crippen LogP contribution in [0.5, 0.6) is 0 Å². The third kappa shape index (κ3) is 4.98. The minimum atomic E-state index is -0.529. The molecule has 0 saturated carbocycles. The summed E-state index contributed by atoms with van der Waals surface area (Å²) in [5.41, 5.74) is 1.60. The molecule has 1 aliphatic heterocycles. The highest BCUT2D eigenvalue weighted by atomic mass is 32.2. The number of rotatable bonds is 5. The first kappa shape index (κ1) is 19.6. The minimum absolute atomic E-state index is 0.0378. The van der Waals surface area contributed by atoms with Gasteiger partial charge in [0.1, 0.15) is 0 Å². The van der Waals surface area contributed by atoms with Gasteiger partial charge >= 0.3 is 5.97 Å². The number of hydrogen-bond donors (Lipinski definition) is 2. The number of amides is 2. The number of para-hydroxylation sites is 1. The van der Waals surface area contributed by atoms with Gasteiger partial charge in [0.2, 0.25) is 11.8 Å². The Bertz CT molecular complexity index is 915. The van der Waals surface area contributed by atoms with Crippen molar-refractivity contribution in [3.63, 3.8) is 0 Å². The maximum Gasteiger partial charge on any atom is 0.339 e. The third-order valence-electron chi connectivity index (χ3n) is 4.03. The Morgan fingerprint density at radius 2 is 1.89 bits per heavy atom. The zero-order chi connectivity index (χ0) is 19.9. The number of methoxy groups -OCH3 is 1. The summed E-state index contributed by atoms with van der Waals surface area (Å²) in [5, 5.41) is 5.79. The lowest BCUT2D eigenvalue weighted by Gasteiger charge is -2.20. The van der Waals surface area contributed by atoms with Gasteiger partial charge in [0, 0.05) is 0 Å². The summed E-state index contributed by atoms with van der Waals surface area (Å²) in [6, 6.07) is 15.9. The quantitative estimate of drug-likeness (QED) is 0.756. The van der Waals surface area contributed by atoms with Gasteiger partial charge in [-0.1, -0.05) is 54.2 Å². The standard InChI is InChI=1S/C20H19N3O4S/c1-27-19(26)14-9-5-6-10-15(14)21-18(25)12-28-20-22-16(11-17(24)23-20)13-7-3-2-4-8-13/h2-10,16H,11-12H2,1H3,(H,21,25)(H,22,23,24). The Morgan fingerprint density at radius 1 is 1.18 bits per heavy atom. The second kappa shape index (κ2) is 9.18. The van der Waals surface area contributed by atoms with Crippen LogP contribution in [0.4, 0.5) is 5.69 Å². The van der Waals surface area contributed by atoms with E-state index < -0.39 is 5.97 Å². The van der Waals surface area contributed by atoms with Crippen molar-refractivity contribution in [3.05, 3.63) is 65.7 Å². The summed E-state index contributed by atoms with van der Waals surface area (Å²) < 4.78 is 4.72. The van der Waals surface area contributed by atoms with Crippen LogP contribution in [-0.2, 0) is 14.3 Å². The molecule has 0 aliphatic carbocycles. The highest BCUT2D eigenvalue weighted by molar-refractivity contribution is 8.14. The van der Waals surface area contributed by atoms with Crippen molar-refractivity contribution >= 4 is 40.4 Å². The number of carbonyl (C=O) groups is 3. The van der Waals surface area contributed by atoms with E-state index >= 15 is 0 Å². The maximum atomic E-state index is 12.3.